The third kappa shape index (κ3) is 3.31. The third-order valence-corrected chi connectivity index (χ3v) is 5.88. The summed E-state index contributed by atoms with van der Waals surface area (Å²) < 4.78 is 43.6. The molecule has 0 aliphatic carbocycles. The fourth-order valence-electron chi connectivity index (χ4n) is 3.42. The van der Waals surface area contributed by atoms with Crippen LogP contribution in [0.3, 0.4) is 0 Å². The Bertz CT molecular complexity index is 760. The number of benzene rings is 1. The van der Waals surface area contributed by atoms with Crippen molar-refractivity contribution in [1.29, 1.82) is 0 Å². The van der Waals surface area contributed by atoms with Gasteiger partial charge in [-0.15, -0.1) is 11.3 Å². The van der Waals surface area contributed by atoms with E-state index in [1.807, 2.05) is 0 Å². The molecule has 3 heterocycles. The first-order valence-electron chi connectivity index (χ1n) is 8.07. The normalized spacial score (nSPS) is 23.5. The molecule has 0 spiro atoms. The highest BCUT2D eigenvalue weighted by molar-refractivity contribution is 7.15. The van der Waals surface area contributed by atoms with Crippen LogP contribution in [0.2, 0.25) is 0 Å². The van der Waals surface area contributed by atoms with Gasteiger partial charge in [0, 0.05) is 24.7 Å². The number of halogens is 3. The summed E-state index contributed by atoms with van der Waals surface area (Å²) in [5.41, 5.74) is 0.753. The van der Waals surface area contributed by atoms with Crippen LogP contribution in [0.25, 0.3) is 10.6 Å². The molecule has 2 atom stereocenters. The van der Waals surface area contributed by atoms with Crippen molar-refractivity contribution in [3.63, 3.8) is 0 Å². The summed E-state index contributed by atoms with van der Waals surface area (Å²) in [4.78, 5) is 7.65. The van der Waals surface area contributed by atoms with E-state index in [2.05, 4.69) is 9.88 Å². The van der Waals surface area contributed by atoms with Gasteiger partial charge in [-0.05, 0) is 18.6 Å². The monoisotopic (exact) mass is 370 g/mol. The number of hydrogen-bond acceptors (Lipinski definition) is 5. The van der Waals surface area contributed by atoms with Gasteiger partial charge in [0.15, 0.2) is 0 Å². The van der Waals surface area contributed by atoms with Crippen molar-refractivity contribution in [2.45, 2.75) is 37.9 Å². The highest BCUT2D eigenvalue weighted by Crippen LogP contribution is 2.35. The molecule has 1 aromatic heterocycles. The lowest BCUT2D eigenvalue weighted by molar-refractivity contribution is -0.137. The van der Waals surface area contributed by atoms with Crippen LogP contribution in [0, 0.1) is 0 Å². The fourth-order valence-corrected chi connectivity index (χ4v) is 4.36. The minimum absolute atomic E-state index is 0.119. The van der Waals surface area contributed by atoms with Crippen LogP contribution in [0.15, 0.2) is 24.3 Å². The van der Waals surface area contributed by atoms with Crippen molar-refractivity contribution >= 4 is 11.3 Å². The van der Waals surface area contributed by atoms with Crippen LogP contribution in [-0.4, -0.2) is 40.3 Å². The Labute approximate surface area is 146 Å². The second kappa shape index (κ2) is 6.35. The van der Waals surface area contributed by atoms with Gasteiger partial charge in [-0.25, -0.2) is 4.98 Å². The van der Waals surface area contributed by atoms with E-state index in [0.29, 0.717) is 23.2 Å². The predicted octanol–water partition coefficient (Wildman–Crippen LogP) is 3.29. The summed E-state index contributed by atoms with van der Waals surface area (Å²) in [6, 6.07) is 5.38. The van der Waals surface area contributed by atoms with E-state index in [-0.39, 0.29) is 12.7 Å². The maximum absolute atomic E-state index is 12.7. The maximum Gasteiger partial charge on any atom is 0.416 e. The van der Waals surface area contributed by atoms with Crippen LogP contribution in [0.1, 0.15) is 22.6 Å². The smallest absolute Gasteiger partial charge is 0.391 e. The number of aliphatic hydroxyl groups is 1. The Balaban J connectivity index is 1.56. The highest BCUT2D eigenvalue weighted by atomic mass is 32.1. The second-order valence-corrected chi connectivity index (χ2v) is 7.48. The number of hydrogen-bond donors (Lipinski definition) is 1. The Morgan fingerprint density at radius 2 is 2.04 bits per heavy atom. The zero-order chi connectivity index (χ0) is 17.6. The lowest BCUT2D eigenvalue weighted by Gasteiger charge is -2.26. The van der Waals surface area contributed by atoms with Crippen LogP contribution in [0.4, 0.5) is 13.2 Å². The van der Waals surface area contributed by atoms with Crippen molar-refractivity contribution < 1.29 is 23.0 Å². The molecule has 2 aliphatic heterocycles. The van der Waals surface area contributed by atoms with E-state index in [0.717, 1.165) is 42.3 Å². The molecule has 2 fully saturated rings. The molecule has 2 bridgehead atoms. The molecular formula is C17H17F3N2O2S. The number of aliphatic hydroxyl groups excluding tert-OH is 1. The molecule has 8 heteroatoms. The van der Waals surface area contributed by atoms with Crippen molar-refractivity contribution in [3.8, 4) is 10.6 Å². The molecule has 4 rings (SSSR count). The van der Waals surface area contributed by atoms with Crippen molar-refractivity contribution in [3.05, 3.63) is 40.4 Å². The van der Waals surface area contributed by atoms with Crippen molar-refractivity contribution in [2.75, 3.05) is 13.2 Å². The number of nitrogens with zero attached hydrogens (tertiary/aromatic N) is 2. The van der Waals surface area contributed by atoms with Gasteiger partial charge in [0.2, 0.25) is 0 Å². The number of aromatic nitrogens is 1. The van der Waals surface area contributed by atoms with Gasteiger partial charge in [-0.2, -0.15) is 13.2 Å². The minimum atomic E-state index is -4.35. The van der Waals surface area contributed by atoms with E-state index in [9.17, 15) is 18.3 Å². The molecule has 0 radical (unpaired) electrons. The first kappa shape index (κ1) is 17.0. The van der Waals surface area contributed by atoms with Gasteiger partial charge < -0.3 is 9.84 Å². The van der Waals surface area contributed by atoms with Crippen molar-refractivity contribution in [1.82, 2.24) is 9.88 Å². The average Bonchev–Trinajstić information content (AvgIpc) is 3.29. The number of morpholine rings is 1. The summed E-state index contributed by atoms with van der Waals surface area (Å²) >= 11 is 1.33. The molecule has 134 valence electrons. The van der Waals surface area contributed by atoms with Crippen LogP contribution >= 0.6 is 11.3 Å². The fraction of sp³-hybridized carbons (Fsp3) is 0.471. The number of fused-ring (bicyclic) bond motifs is 2. The van der Waals surface area contributed by atoms with E-state index in [4.69, 9.17) is 4.74 Å². The van der Waals surface area contributed by atoms with Crippen LogP contribution in [-0.2, 0) is 24.1 Å². The standard InChI is InChI=1S/C17H17F3N2O2S/c18-17(19,20)11-3-1-10(2-4-11)16-21-14(15(8-23)25-16)7-22-6-13-5-12(22)9-24-13/h1-4,12-13,23H,5-9H2/t12-,13-/m0/s1. The van der Waals surface area contributed by atoms with Gasteiger partial charge in [-0.1, -0.05) is 12.1 Å². The Morgan fingerprint density at radius 3 is 2.60 bits per heavy atom. The van der Waals surface area contributed by atoms with Gasteiger partial charge in [0.05, 0.1) is 35.5 Å². The molecule has 2 saturated heterocycles. The minimum Gasteiger partial charge on any atom is -0.391 e. The largest absolute Gasteiger partial charge is 0.416 e. The average molecular weight is 370 g/mol. The molecule has 4 nitrogen and oxygen atoms in total. The number of ether oxygens (including phenoxy) is 1. The molecule has 0 saturated carbocycles. The SMILES string of the molecule is OCc1sc(-c2ccc(C(F)(F)F)cc2)nc1CN1C[C@@H]2C[C@H]1CO2. The molecule has 0 unspecified atom stereocenters. The quantitative estimate of drug-likeness (QED) is 0.897. The number of alkyl halides is 3. The first-order valence-corrected chi connectivity index (χ1v) is 8.88. The molecule has 25 heavy (non-hydrogen) atoms. The Hall–Kier alpha value is -1.48. The second-order valence-electron chi connectivity index (χ2n) is 6.40. The lowest BCUT2D eigenvalue weighted by Crippen LogP contribution is -2.36. The molecule has 1 N–H and O–H groups in total. The topological polar surface area (TPSA) is 45.6 Å². The van der Waals surface area contributed by atoms with Crippen molar-refractivity contribution in [2.24, 2.45) is 0 Å². The summed E-state index contributed by atoms with van der Waals surface area (Å²) in [5, 5.41) is 10.2. The third-order valence-electron chi connectivity index (χ3n) is 4.75. The maximum atomic E-state index is 12.7. The molecule has 2 aliphatic rings. The Morgan fingerprint density at radius 1 is 1.28 bits per heavy atom. The van der Waals surface area contributed by atoms with E-state index < -0.39 is 11.7 Å². The zero-order valence-electron chi connectivity index (χ0n) is 13.3. The van der Waals surface area contributed by atoms with Gasteiger partial charge >= 0.3 is 6.18 Å². The molecular weight excluding hydrogens is 353 g/mol. The van der Waals surface area contributed by atoms with Gasteiger partial charge in [0.1, 0.15) is 5.01 Å². The van der Waals surface area contributed by atoms with E-state index in [1.54, 1.807) is 0 Å². The number of rotatable bonds is 4. The summed E-state index contributed by atoms with van der Waals surface area (Å²) in [5.74, 6) is 0. The zero-order valence-corrected chi connectivity index (χ0v) is 14.1. The van der Waals surface area contributed by atoms with Gasteiger partial charge in [-0.3, -0.25) is 4.90 Å². The first-order chi connectivity index (χ1) is 11.9. The number of likely N-dealkylation sites (tertiary alicyclic amines) is 1. The lowest BCUT2D eigenvalue weighted by atomic mass is 10.1. The summed E-state index contributed by atoms with van der Waals surface area (Å²) in [7, 11) is 0. The highest BCUT2D eigenvalue weighted by Gasteiger charge is 2.39. The molecule has 0 amide bonds. The predicted molar refractivity (Wildman–Crippen MR) is 87.0 cm³/mol. The van der Waals surface area contributed by atoms with E-state index in [1.165, 1.54) is 23.5 Å². The summed E-state index contributed by atoms with van der Waals surface area (Å²) in [6.45, 7) is 2.11. The Kier molecular flexibility index (Phi) is 4.31. The number of thiazole rings is 1. The molecule has 2 aromatic rings. The molecule has 1 aromatic carbocycles. The van der Waals surface area contributed by atoms with E-state index >= 15 is 0 Å². The summed E-state index contributed by atoms with van der Waals surface area (Å²) in [6.07, 6.45) is -3.03. The van der Waals surface area contributed by atoms with Gasteiger partial charge in [0.25, 0.3) is 0 Å². The van der Waals surface area contributed by atoms with Crippen LogP contribution < -0.4 is 0 Å². The van der Waals surface area contributed by atoms with Crippen LogP contribution in [0.5, 0.6) is 0 Å².